The van der Waals surface area contributed by atoms with Gasteiger partial charge in [-0.3, -0.25) is 0 Å². The number of sulfone groups is 2. The van der Waals surface area contributed by atoms with Crippen LogP contribution in [0.3, 0.4) is 0 Å². The third-order valence-corrected chi connectivity index (χ3v) is 8.11. The summed E-state index contributed by atoms with van der Waals surface area (Å²) in [5, 5.41) is 0.681. The van der Waals surface area contributed by atoms with Crippen molar-refractivity contribution in [2.45, 2.75) is 29.1 Å². The van der Waals surface area contributed by atoms with Crippen molar-refractivity contribution in [2.75, 3.05) is 17.3 Å². The van der Waals surface area contributed by atoms with Crippen LogP contribution in [-0.4, -0.2) is 34.2 Å². The topological polar surface area (TPSA) is 68.3 Å². The molecule has 4 nitrogen and oxygen atoms in total. The minimum absolute atomic E-state index is 0.115. The largest absolute Gasteiger partial charge is 0.224 e. The van der Waals surface area contributed by atoms with Crippen molar-refractivity contribution in [3.05, 3.63) is 24.3 Å². The maximum absolute atomic E-state index is 12.4. The van der Waals surface area contributed by atoms with Gasteiger partial charge in [0.15, 0.2) is 19.7 Å². The predicted molar refractivity (Wildman–Crippen MR) is 81.7 cm³/mol. The van der Waals surface area contributed by atoms with Crippen molar-refractivity contribution in [1.29, 1.82) is 0 Å². The quantitative estimate of drug-likeness (QED) is 0.735. The average molecular weight is 381 g/mol. The number of hydrogen-bond acceptors (Lipinski definition) is 4. The first-order valence-electron chi connectivity index (χ1n) is 6.27. The van der Waals surface area contributed by atoms with E-state index in [4.69, 9.17) is 0 Å². The molecule has 1 aromatic carbocycles. The summed E-state index contributed by atoms with van der Waals surface area (Å²) < 4.78 is 47.5. The number of benzene rings is 1. The zero-order valence-corrected chi connectivity index (χ0v) is 14.4. The van der Waals surface area contributed by atoms with Gasteiger partial charge in [-0.2, -0.15) is 0 Å². The molecule has 0 N–H and O–H groups in total. The molecule has 0 radical (unpaired) electrons. The van der Waals surface area contributed by atoms with Gasteiger partial charge in [-0.15, -0.1) is 0 Å². The monoisotopic (exact) mass is 380 g/mol. The van der Waals surface area contributed by atoms with Crippen molar-refractivity contribution in [3.8, 4) is 0 Å². The Bertz CT molecular complexity index is 681. The molecule has 0 amide bonds. The summed E-state index contributed by atoms with van der Waals surface area (Å²) in [6.45, 7) is 0. The lowest BCUT2D eigenvalue weighted by Gasteiger charge is -2.40. The molecule has 0 atom stereocenters. The standard InChI is InChI=1S/C13H17BrO4S2/c1-19(15,16)11-3-5-12(6-4-11)20(17,18)10-13(9-14)7-2-8-13/h3-6H,2,7-10H2,1H3. The van der Waals surface area contributed by atoms with E-state index in [2.05, 4.69) is 15.9 Å². The van der Waals surface area contributed by atoms with Crippen LogP contribution in [0, 0.1) is 5.41 Å². The van der Waals surface area contributed by atoms with Gasteiger partial charge in [-0.1, -0.05) is 22.4 Å². The molecule has 2 rings (SSSR count). The second-order valence-corrected chi connectivity index (χ2v) is 10.1. The van der Waals surface area contributed by atoms with Crippen LogP contribution in [0.2, 0.25) is 0 Å². The molecule has 20 heavy (non-hydrogen) atoms. The second kappa shape index (κ2) is 5.42. The second-order valence-electron chi connectivity index (χ2n) is 5.49. The highest BCUT2D eigenvalue weighted by Crippen LogP contribution is 2.44. The lowest BCUT2D eigenvalue weighted by atomic mass is 9.72. The van der Waals surface area contributed by atoms with Crippen molar-refractivity contribution >= 4 is 35.6 Å². The van der Waals surface area contributed by atoms with Gasteiger partial charge in [0, 0.05) is 11.6 Å². The molecule has 0 bridgehead atoms. The lowest BCUT2D eigenvalue weighted by molar-refractivity contribution is 0.203. The number of hydrogen-bond donors (Lipinski definition) is 0. The molecule has 112 valence electrons. The first-order valence-corrected chi connectivity index (χ1v) is 10.9. The maximum Gasteiger partial charge on any atom is 0.178 e. The summed E-state index contributed by atoms with van der Waals surface area (Å²) in [6.07, 6.45) is 4.00. The highest BCUT2D eigenvalue weighted by Gasteiger charge is 2.40. The van der Waals surface area contributed by atoms with Crippen LogP contribution in [0.15, 0.2) is 34.1 Å². The van der Waals surface area contributed by atoms with E-state index in [1.165, 1.54) is 24.3 Å². The van der Waals surface area contributed by atoms with Gasteiger partial charge >= 0.3 is 0 Å². The molecule has 1 aromatic rings. The minimum Gasteiger partial charge on any atom is -0.224 e. The van der Waals surface area contributed by atoms with Crippen LogP contribution in [0.25, 0.3) is 0 Å². The highest BCUT2D eigenvalue weighted by atomic mass is 79.9. The van der Waals surface area contributed by atoms with Crippen LogP contribution in [0.1, 0.15) is 19.3 Å². The van der Waals surface area contributed by atoms with Gasteiger partial charge in [-0.25, -0.2) is 16.8 Å². The van der Waals surface area contributed by atoms with Crippen molar-refractivity contribution < 1.29 is 16.8 Å². The zero-order valence-electron chi connectivity index (χ0n) is 11.2. The third kappa shape index (κ3) is 3.26. The lowest BCUT2D eigenvalue weighted by Crippen LogP contribution is -2.38. The molecule has 1 aliphatic carbocycles. The first-order chi connectivity index (χ1) is 9.19. The molecule has 7 heteroatoms. The molecular formula is C13H17BrO4S2. The fourth-order valence-corrected chi connectivity index (χ4v) is 5.94. The fourth-order valence-electron chi connectivity index (χ4n) is 2.37. The van der Waals surface area contributed by atoms with E-state index in [-0.39, 0.29) is 21.0 Å². The number of rotatable bonds is 5. The predicted octanol–water partition coefficient (Wildman–Crippen LogP) is 2.43. The van der Waals surface area contributed by atoms with Crippen LogP contribution in [-0.2, 0) is 19.7 Å². The number of alkyl halides is 1. The Kier molecular flexibility index (Phi) is 4.33. The van der Waals surface area contributed by atoms with E-state index in [0.717, 1.165) is 25.5 Å². The van der Waals surface area contributed by atoms with Gasteiger partial charge < -0.3 is 0 Å². The minimum atomic E-state index is -3.38. The average Bonchev–Trinajstić information content (AvgIpc) is 2.33. The molecule has 0 aromatic heterocycles. The maximum atomic E-state index is 12.4. The zero-order chi connectivity index (χ0) is 15.0. The summed E-state index contributed by atoms with van der Waals surface area (Å²) in [6, 6.07) is 5.46. The fraction of sp³-hybridized carbons (Fsp3) is 0.538. The summed E-state index contributed by atoms with van der Waals surface area (Å²) in [5.74, 6) is 0.115. The SMILES string of the molecule is CS(=O)(=O)c1ccc(S(=O)(=O)CC2(CBr)CCC2)cc1. The molecule has 0 unspecified atom stereocenters. The Morgan fingerprint density at radius 1 is 1.05 bits per heavy atom. The van der Waals surface area contributed by atoms with Crippen molar-refractivity contribution in [2.24, 2.45) is 5.41 Å². The molecule has 0 saturated heterocycles. The van der Waals surface area contributed by atoms with Gasteiger partial charge in [0.1, 0.15) is 0 Å². The van der Waals surface area contributed by atoms with Gasteiger partial charge in [0.05, 0.1) is 15.5 Å². The van der Waals surface area contributed by atoms with Crippen LogP contribution in [0.4, 0.5) is 0 Å². The van der Waals surface area contributed by atoms with Gasteiger partial charge in [0.25, 0.3) is 0 Å². The third-order valence-electron chi connectivity index (χ3n) is 3.80. The van der Waals surface area contributed by atoms with Crippen molar-refractivity contribution in [3.63, 3.8) is 0 Å². The molecule has 1 saturated carbocycles. The molecule has 1 fully saturated rings. The van der Waals surface area contributed by atoms with Gasteiger partial charge in [0.2, 0.25) is 0 Å². The van der Waals surface area contributed by atoms with Crippen LogP contribution < -0.4 is 0 Å². The number of halogens is 1. The smallest absolute Gasteiger partial charge is 0.178 e. The van der Waals surface area contributed by atoms with E-state index in [9.17, 15) is 16.8 Å². The Labute approximate surface area is 128 Å². The summed E-state index contributed by atoms with van der Waals surface area (Å²) in [5.41, 5.74) is -0.158. The van der Waals surface area contributed by atoms with E-state index in [0.29, 0.717) is 5.33 Å². The summed E-state index contributed by atoms with van der Waals surface area (Å²) in [7, 11) is -6.68. The van der Waals surface area contributed by atoms with Crippen molar-refractivity contribution in [1.82, 2.24) is 0 Å². The van der Waals surface area contributed by atoms with E-state index >= 15 is 0 Å². The summed E-state index contributed by atoms with van der Waals surface area (Å²) in [4.78, 5) is 0.326. The van der Waals surface area contributed by atoms with Crippen LogP contribution in [0.5, 0.6) is 0 Å². The Morgan fingerprint density at radius 3 is 1.90 bits per heavy atom. The Hall–Kier alpha value is -0.400. The Morgan fingerprint density at radius 2 is 1.55 bits per heavy atom. The van der Waals surface area contributed by atoms with Gasteiger partial charge in [-0.05, 0) is 42.5 Å². The molecule has 0 heterocycles. The van der Waals surface area contributed by atoms with E-state index in [1.54, 1.807) is 0 Å². The summed E-state index contributed by atoms with van der Waals surface area (Å²) >= 11 is 3.40. The van der Waals surface area contributed by atoms with Crippen LogP contribution >= 0.6 is 15.9 Å². The normalized spacial score (nSPS) is 18.5. The first kappa shape index (κ1) is 16.0. The molecular weight excluding hydrogens is 364 g/mol. The molecule has 0 spiro atoms. The van der Waals surface area contributed by atoms with E-state index in [1.807, 2.05) is 0 Å². The molecule has 0 aliphatic heterocycles. The Balaban J connectivity index is 2.26. The molecule has 1 aliphatic rings. The van der Waals surface area contributed by atoms with E-state index < -0.39 is 19.7 Å². The highest BCUT2D eigenvalue weighted by molar-refractivity contribution is 9.09.